The zero-order valence-corrected chi connectivity index (χ0v) is 10.6. The molecule has 0 aliphatic heterocycles. The van der Waals surface area contributed by atoms with Crippen LogP contribution in [0.3, 0.4) is 0 Å². The van der Waals surface area contributed by atoms with E-state index in [1.54, 1.807) is 0 Å². The minimum atomic E-state index is 0.0878. The highest BCUT2D eigenvalue weighted by Gasteiger charge is 2.12. The van der Waals surface area contributed by atoms with Crippen molar-refractivity contribution in [3.05, 3.63) is 46.5 Å². The summed E-state index contributed by atoms with van der Waals surface area (Å²) in [5.74, 6) is 5.56. The second-order valence-electron chi connectivity index (χ2n) is 4.24. The number of nitrogens with one attached hydrogen (secondary N) is 1. The lowest BCUT2D eigenvalue weighted by Crippen LogP contribution is -2.28. The average molecular weight is 239 g/mol. The summed E-state index contributed by atoms with van der Waals surface area (Å²) in [5.41, 5.74) is 6.17. The Labute approximate surface area is 102 Å². The van der Waals surface area contributed by atoms with E-state index < -0.39 is 0 Å². The number of benzene rings is 1. The highest BCUT2D eigenvalue weighted by Crippen LogP contribution is 2.27. The SMILES string of the molecule is C=C(C)CCC(NN)c1ccc(C)cc1Cl. The van der Waals surface area contributed by atoms with Gasteiger partial charge >= 0.3 is 0 Å². The van der Waals surface area contributed by atoms with Gasteiger partial charge in [0.05, 0.1) is 0 Å². The number of hydrazine groups is 1. The van der Waals surface area contributed by atoms with Crippen LogP contribution in [0.1, 0.15) is 36.9 Å². The van der Waals surface area contributed by atoms with Crippen LogP contribution >= 0.6 is 11.6 Å². The summed E-state index contributed by atoms with van der Waals surface area (Å²) < 4.78 is 0. The molecule has 0 spiro atoms. The molecule has 3 N–H and O–H groups in total. The van der Waals surface area contributed by atoms with E-state index in [2.05, 4.69) is 12.0 Å². The summed E-state index contributed by atoms with van der Waals surface area (Å²) in [6.07, 6.45) is 1.85. The van der Waals surface area contributed by atoms with Crippen LogP contribution in [0.25, 0.3) is 0 Å². The topological polar surface area (TPSA) is 38.0 Å². The van der Waals surface area contributed by atoms with Crippen LogP contribution in [-0.2, 0) is 0 Å². The largest absolute Gasteiger partial charge is 0.271 e. The molecular weight excluding hydrogens is 220 g/mol. The summed E-state index contributed by atoms with van der Waals surface area (Å²) in [7, 11) is 0. The molecule has 1 rings (SSSR count). The van der Waals surface area contributed by atoms with Gasteiger partial charge in [0, 0.05) is 11.1 Å². The van der Waals surface area contributed by atoms with Crippen LogP contribution in [0, 0.1) is 6.92 Å². The van der Waals surface area contributed by atoms with E-state index in [-0.39, 0.29) is 6.04 Å². The Morgan fingerprint density at radius 1 is 1.56 bits per heavy atom. The fraction of sp³-hybridized carbons (Fsp3) is 0.385. The van der Waals surface area contributed by atoms with Crippen LogP contribution in [0.5, 0.6) is 0 Å². The standard InChI is InChI=1S/C13H19ClN2/c1-9(2)4-7-13(16-15)11-6-5-10(3)8-12(11)14/h5-6,8,13,16H,1,4,7,15H2,2-3H3. The maximum Gasteiger partial charge on any atom is 0.0477 e. The van der Waals surface area contributed by atoms with E-state index in [1.165, 1.54) is 0 Å². The molecule has 1 unspecified atom stereocenters. The number of nitrogens with two attached hydrogens (primary N) is 1. The first-order valence-electron chi connectivity index (χ1n) is 5.41. The van der Waals surface area contributed by atoms with Crippen molar-refractivity contribution in [2.24, 2.45) is 5.84 Å². The van der Waals surface area contributed by atoms with E-state index >= 15 is 0 Å². The van der Waals surface area contributed by atoms with Gasteiger partial charge < -0.3 is 0 Å². The second kappa shape index (κ2) is 6.04. The molecule has 1 aromatic carbocycles. The third-order valence-corrected chi connectivity index (χ3v) is 2.92. The Balaban J connectivity index is 2.82. The molecule has 88 valence electrons. The molecule has 0 amide bonds. The zero-order chi connectivity index (χ0) is 12.1. The smallest absolute Gasteiger partial charge is 0.0477 e. The second-order valence-corrected chi connectivity index (χ2v) is 4.65. The molecule has 0 heterocycles. The lowest BCUT2D eigenvalue weighted by molar-refractivity contribution is 0.516. The molecule has 0 aromatic heterocycles. The molecule has 0 saturated heterocycles. The molecule has 0 radical (unpaired) electrons. The summed E-state index contributed by atoms with van der Waals surface area (Å²) in [4.78, 5) is 0. The number of allylic oxidation sites excluding steroid dienone is 1. The Morgan fingerprint density at radius 3 is 2.75 bits per heavy atom. The van der Waals surface area contributed by atoms with Crippen LogP contribution in [0.2, 0.25) is 5.02 Å². The van der Waals surface area contributed by atoms with E-state index in [0.717, 1.165) is 34.6 Å². The van der Waals surface area contributed by atoms with Gasteiger partial charge in [0.15, 0.2) is 0 Å². The molecule has 0 bridgehead atoms. The minimum Gasteiger partial charge on any atom is -0.271 e. The fourth-order valence-electron chi connectivity index (χ4n) is 1.63. The summed E-state index contributed by atoms with van der Waals surface area (Å²) in [6.45, 7) is 7.93. The van der Waals surface area contributed by atoms with Crippen LogP contribution < -0.4 is 11.3 Å². The van der Waals surface area contributed by atoms with Gasteiger partial charge in [-0.15, -0.1) is 6.58 Å². The summed E-state index contributed by atoms with van der Waals surface area (Å²) in [6, 6.07) is 6.12. The van der Waals surface area contributed by atoms with Gasteiger partial charge in [0.2, 0.25) is 0 Å². The lowest BCUT2D eigenvalue weighted by Gasteiger charge is -2.18. The highest BCUT2D eigenvalue weighted by molar-refractivity contribution is 6.31. The number of rotatable bonds is 5. The fourth-order valence-corrected chi connectivity index (χ4v) is 2.00. The molecule has 0 fully saturated rings. The maximum absolute atomic E-state index is 6.20. The summed E-state index contributed by atoms with van der Waals surface area (Å²) >= 11 is 6.20. The molecule has 16 heavy (non-hydrogen) atoms. The predicted molar refractivity (Wildman–Crippen MR) is 70.3 cm³/mol. The van der Waals surface area contributed by atoms with Crippen molar-refractivity contribution < 1.29 is 0 Å². The number of aryl methyl sites for hydroxylation is 1. The minimum absolute atomic E-state index is 0.0878. The summed E-state index contributed by atoms with van der Waals surface area (Å²) in [5, 5.41) is 0.768. The van der Waals surface area contributed by atoms with Crippen LogP contribution in [-0.4, -0.2) is 0 Å². The Hall–Kier alpha value is -0.830. The first-order chi connectivity index (χ1) is 7.54. The molecule has 2 nitrogen and oxygen atoms in total. The Morgan fingerprint density at radius 2 is 2.25 bits per heavy atom. The molecule has 0 aliphatic rings. The lowest BCUT2D eigenvalue weighted by atomic mass is 9.99. The Kier molecular flexibility index (Phi) is 5.00. The van der Waals surface area contributed by atoms with E-state index in [0.29, 0.717) is 0 Å². The normalized spacial score (nSPS) is 12.5. The third-order valence-electron chi connectivity index (χ3n) is 2.59. The maximum atomic E-state index is 6.20. The van der Waals surface area contributed by atoms with Crippen molar-refractivity contribution in [2.75, 3.05) is 0 Å². The molecular formula is C13H19ClN2. The molecule has 1 atom stereocenters. The predicted octanol–water partition coefficient (Wildman–Crippen LogP) is 3.51. The van der Waals surface area contributed by atoms with Crippen molar-refractivity contribution in [1.82, 2.24) is 5.43 Å². The van der Waals surface area contributed by atoms with E-state index in [4.69, 9.17) is 17.4 Å². The number of hydrogen-bond donors (Lipinski definition) is 2. The number of halogens is 1. The van der Waals surface area contributed by atoms with Crippen molar-refractivity contribution in [1.29, 1.82) is 0 Å². The van der Waals surface area contributed by atoms with Crippen LogP contribution in [0.15, 0.2) is 30.4 Å². The average Bonchev–Trinajstić information content (AvgIpc) is 2.21. The first kappa shape index (κ1) is 13.2. The molecule has 0 saturated carbocycles. The first-order valence-corrected chi connectivity index (χ1v) is 5.79. The van der Waals surface area contributed by atoms with Gasteiger partial charge in [-0.3, -0.25) is 11.3 Å². The van der Waals surface area contributed by atoms with E-state index in [9.17, 15) is 0 Å². The van der Waals surface area contributed by atoms with Crippen molar-refractivity contribution in [2.45, 2.75) is 32.7 Å². The molecule has 0 aliphatic carbocycles. The van der Waals surface area contributed by atoms with Crippen molar-refractivity contribution >= 4 is 11.6 Å². The zero-order valence-electron chi connectivity index (χ0n) is 9.89. The van der Waals surface area contributed by atoms with E-state index in [1.807, 2.05) is 32.0 Å². The van der Waals surface area contributed by atoms with Gasteiger partial charge in [-0.1, -0.05) is 29.3 Å². The monoisotopic (exact) mass is 238 g/mol. The van der Waals surface area contributed by atoms with Crippen molar-refractivity contribution in [3.63, 3.8) is 0 Å². The Bertz CT molecular complexity index is 374. The quantitative estimate of drug-likeness (QED) is 0.468. The number of hydrogen-bond acceptors (Lipinski definition) is 2. The molecule has 3 heteroatoms. The van der Waals surface area contributed by atoms with Gasteiger partial charge in [-0.25, -0.2) is 0 Å². The molecule has 1 aromatic rings. The van der Waals surface area contributed by atoms with Gasteiger partial charge in [0.1, 0.15) is 0 Å². The van der Waals surface area contributed by atoms with Gasteiger partial charge in [0.25, 0.3) is 0 Å². The van der Waals surface area contributed by atoms with Gasteiger partial charge in [-0.2, -0.15) is 0 Å². The third kappa shape index (κ3) is 3.63. The van der Waals surface area contributed by atoms with Crippen molar-refractivity contribution in [3.8, 4) is 0 Å². The van der Waals surface area contributed by atoms with Gasteiger partial charge in [-0.05, 0) is 43.9 Å². The van der Waals surface area contributed by atoms with Crippen LogP contribution in [0.4, 0.5) is 0 Å². The highest BCUT2D eigenvalue weighted by atomic mass is 35.5.